The van der Waals surface area contributed by atoms with Gasteiger partial charge in [0, 0.05) is 7.11 Å². The Balaban J connectivity index is 4.68. The van der Waals surface area contributed by atoms with Crippen LogP contribution in [0.3, 0.4) is 0 Å². The van der Waals surface area contributed by atoms with Crippen LogP contribution in [0.5, 0.6) is 0 Å². The van der Waals surface area contributed by atoms with Gasteiger partial charge in [-0.2, -0.15) is 0 Å². The predicted octanol–water partition coefficient (Wildman–Crippen LogP) is 6.33. The molecule has 0 unspecified atom stereocenters. The van der Waals surface area contributed by atoms with Crippen molar-refractivity contribution >= 4 is 8.32 Å². The third-order valence-electron chi connectivity index (χ3n) is 6.89. The lowest BCUT2D eigenvalue weighted by Gasteiger charge is -2.30. The molecule has 0 saturated heterocycles. The SMILES string of the molecule is CCCN(CCC)CCCN(CCCN(CCC)CCC)CCC[Si](CC)(CC)OC. The lowest BCUT2D eigenvalue weighted by molar-refractivity contribution is 0.207. The van der Waals surface area contributed by atoms with Gasteiger partial charge in [0.1, 0.15) is 0 Å². The van der Waals surface area contributed by atoms with E-state index in [0.29, 0.717) is 0 Å². The van der Waals surface area contributed by atoms with Gasteiger partial charge in [0.15, 0.2) is 8.32 Å². The molecule has 0 heterocycles. The van der Waals surface area contributed by atoms with Gasteiger partial charge in [-0.15, -0.1) is 0 Å². The molecule has 0 rings (SSSR count). The highest BCUT2D eigenvalue weighted by molar-refractivity contribution is 6.73. The van der Waals surface area contributed by atoms with Gasteiger partial charge in [0.05, 0.1) is 0 Å². The zero-order valence-corrected chi connectivity index (χ0v) is 23.7. The third kappa shape index (κ3) is 14.7. The lowest BCUT2D eigenvalue weighted by atomic mass is 10.2. The van der Waals surface area contributed by atoms with Gasteiger partial charge in [-0.1, -0.05) is 41.5 Å². The Morgan fingerprint density at radius 1 is 0.484 bits per heavy atom. The fourth-order valence-corrected chi connectivity index (χ4v) is 7.72. The van der Waals surface area contributed by atoms with Gasteiger partial charge in [-0.3, -0.25) is 0 Å². The van der Waals surface area contributed by atoms with Crippen LogP contribution < -0.4 is 0 Å². The quantitative estimate of drug-likeness (QED) is 0.167. The molecule has 188 valence electrons. The number of hydrogen-bond acceptors (Lipinski definition) is 4. The Morgan fingerprint density at radius 2 is 0.806 bits per heavy atom. The first kappa shape index (κ1) is 31.1. The summed E-state index contributed by atoms with van der Waals surface area (Å²) in [6.07, 6.45) is 9.00. The topological polar surface area (TPSA) is 19.0 Å². The Morgan fingerprint density at radius 3 is 1.10 bits per heavy atom. The molecule has 0 N–H and O–H groups in total. The van der Waals surface area contributed by atoms with Crippen LogP contribution in [0.4, 0.5) is 0 Å². The first-order valence-electron chi connectivity index (χ1n) is 13.8. The maximum absolute atomic E-state index is 6.06. The molecule has 4 nitrogen and oxygen atoms in total. The Labute approximate surface area is 198 Å². The van der Waals surface area contributed by atoms with E-state index < -0.39 is 8.32 Å². The highest BCUT2D eigenvalue weighted by Crippen LogP contribution is 2.23. The molecule has 0 aliphatic rings. The molecule has 0 atom stereocenters. The van der Waals surface area contributed by atoms with Gasteiger partial charge in [0.2, 0.25) is 0 Å². The molecule has 0 aromatic carbocycles. The summed E-state index contributed by atoms with van der Waals surface area (Å²) in [5.41, 5.74) is 0. The molecule has 5 heteroatoms. The van der Waals surface area contributed by atoms with Crippen LogP contribution in [0.25, 0.3) is 0 Å². The zero-order valence-electron chi connectivity index (χ0n) is 22.7. The lowest BCUT2D eigenvalue weighted by Crippen LogP contribution is -2.38. The van der Waals surface area contributed by atoms with Crippen LogP contribution in [0, 0.1) is 0 Å². The monoisotopic (exact) mass is 457 g/mol. The van der Waals surface area contributed by atoms with Crippen molar-refractivity contribution in [3.63, 3.8) is 0 Å². The largest absolute Gasteiger partial charge is 0.420 e. The number of hydrogen-bond donors (Lipinski definition) is 0. The molecule has 0 saturated carbocycles. The smallest absolute Gasteiger partial charge is 0.191 e. The van der Waals surface area contributed by atoms with Crippen LogP contribution in [0.1, 0.15) is 86.5 Å². The zero-order chi connectivity index (χ0) is 23.4. The summed E-state index contributed by atoms with van der Waals surface area (Å²) in [5, 5.41) is 0. The van der Waals surface area contributed by atoms with Crippen molar-refractivity contribution in [1.29, 1.82) is 0 Å². The maximum Gasteiger partial charge on any atom is 0.191 e. The van der Waals surface area contributed by atoms with Crippen molar-refractivity contribution < 1.29 is 4.43 Å². The molecule has 0 amide bonds. The highest BCUT2D eigenvalue weighted by atomic mass is 28.4. The fraction of sp³-hybridized carbons (Fsp3) is 1.00. The summed E-state index contributed by atoms with van der Waals surface area (Å²) < 4.78 is 6.06. The van der Waals surface area contributed by atoms with Crippen molar-refractivity contribution in [3.8, 4) is 0 Å². The standard InChI is InChI=1S/C26H59N3OSi/c1-8-17-27(18-9-2)21-14-23-29(24-15-22-28(19-10-3)20-11-4)25-16-26-31(12-5,13-6)30-7/h8-26H2,1-7H3. The molecular formula is C26H59N3OSi. The van der Waals surface area contributed by atoms with E-state index in [4.69, 9.17) is 4.43 Å². The van der Waals surface area contributed by atoms with Gasteiger partial charge < -0.3 is 19.1 Å². The normalized spacial score (nSPS) is 12.6. The average Bonchev–Trinajstić information content (AvgIpc) is 2.77. The van der Waals surface area contributed by atoms with Gasteiger partial charge in [-0.05, 0) is 122 Å². The molecule has 0 spiro atoms. The molecule has 31 heavy (non-hydrogen) atoms. The van der Waals surface area contributed by atoms with Crippen LogP contribution in [0.15, 0.2) is 0 Å². The summed E-state index contributed by atoms with van der Waals surface area (Å²) in [6.45, 7) is 25.2. The number of nitrogens with zero attached hydrogens (tertiary/aromatic N) is 3. The molecule has 0 aromatic heterocycles. The second-order valence-corrected chi connectivity index (χ2v) is 14.1. The molecule has 0 bridgehead atoms. The molecular weight excluding hydrogens is 398 g/mol. The second-order valence-electron chi connectivity index (χ2n) is 9.43. The van der Waals surface area contributed by atoms with Crippen molar-refractivity contribution in [3.05, 3.63) is 0 Å². The average molecular weight is 458 g/mol. The highest BCUT2D eigenvalue weighted by Gasteiger charge is 2.29. The first-order valence-corrected chi connectivity index (χ1v) is 16.3. The van der Waals surface area contributed by atoms with Crippen LogP contribution in [-0.4, -0.2) is 89.0 Å². The summed E-state index contributed by atoms with van der Waals surface area (Å²) >= 11 is 0. The summed E-state index contributed by atoms with van der Waals surface area (Å²) in [4.78, 5) is 8.10. The van der Waals surface area contributed by atoms with Crippen molar-refractivity contribution in [2.75, 3.05) is 66.0 Å². The fourth-order valence-electron chi connectivity index (χ4n) is 4.93. The molecule has 0 aliphatic heterocycles. The summed E-state index contributed by atoms with van der Waals surface area (Å²) in [7, 11) is 0.493. The van der Waals surface area contributed by atoms with Crippen LogP contribution in [-0.2, 0) is 4.43 Å². The van der Waals surface area contributed by atoms with E-state index >= 15 is 0 Å². The van der Waals surface area contributed by atoms with E-state index in [0.717, 1.165) is 0 Å². The first-order chi connectivity index (χ1) is 15.0. The minimum Gasteiger partial charge on any atom is -0.420 e. The van der Waals surface area contributed by atoms with E-state index in [1.165, 1.54) is 122 Å². The third-order valence-corrected chi connectivity index (χ3v) is 11.6. The Hall–Kier alpha value is 0.0569. The van der Waals surface area contributed by atoms with Crippen LogP contribution in [0.2, 0.25) is 18.1 Å². The van der Waals surface area contributed by atoms with Crippen molar-refractivity contribution in [2.45, 2.75) is 105 Å². The minimum atomic E-state index is -1.47. The van der Waals surface area contributed by atoms with Gasteiger partial charge in [0.25, 0.3) is 0 Å². The van der Waals surface area contributed by atoms with E-state index in [9.17, 15) is 0 Å². The van der Waals surface area contributed by atoms with Crippen molar-refractivity contribution in [1.82, 2.24) is 14.7 Å². The predicted molar refractivity (Wildman–Crippen MR) is 143 cm³/mol. The van der Waals surface area contributed by atoms with E-state index in [1.807, 2.05) is 7.11 Å². The molecule has 0 aromatic rings. The summed E-state index contributed by atoms with van der Waals surface area (Å²) in [5.74, 6) is 0. The van der Waals surface area contributed by atoms with Crippen LogP contribution >= 0.6 is 0 Å². The molecule has 0 aliphatic carbocycles. The Kier molecular flexibility index (Phi) is 20.7. The van der Waals surface area contributed by atoms with Crippen molar-refractivity contribution in [2.24, 2.45) is 0 Å². The number of rotatable bonds is 23. The molecule has 0 radical (unpaired) electrons. The second kappa shape index (κ2) is 20.6. The maximum atomic E-state index is 6.06. The Bertz CT molecular complexity index is 337. The van der Waals surface area contributed by atoms with Gasteiger partial charge in [-0.25, -0.2) is 0 Å². The minimum absolute atomic E-state index is 1.25. The van der Waals surface area contributed by atoms with E-state index in [1.54, 1.807) is 0 Å². The summed E-state index contributed by atoms with van der Waals surface area (Å²) in [6, 6.07) is 3.83. The van der Waals surface area contributed by atoms with E-state index in [-0.39, 0.29) is 0 Å². The van der Waals surface area contributed by atoms with E-state index in [2.05, 4.69) is 56.2 Å². The van der Waals surface area contributed by atoms with Gasteiger partial charge >= 0.3 is 0 Å². The molecule has 0 fully saturated rings.